The Hall–Kier alpha value is -0.0800. The molecule has 0 bridgehead atoms. The maximum Gasteiger partial charge on any atom is -0.00489 e. The third-order valence-corrected chi connectivity index (χ3v) is 3.02. The van der Waals surface area contributed by atoms with Gasteiger partial charge in [0.2, 0.25) is 0 Å². The first-order valence-corrected chi connectivity index (χ1v) is 7.58. The van der Waals surface area contributed by atoms with Gasteiger partial charge in [0.25, 0.3) is 0 Å². The van der Waals surface area contributed by atoms with Gasteiger partial charge in [-0.2, -0.15) is 0 Å². The summed E-state index contributed by atoms with van der Waals surface area (Å²) in [4.78, 5) is 0. The van der Waals surface area contributed by atoms with Gasteiger partial charge in [-0.25, -0.2) is 0 Å². The van der Waals surface area contributed by atoms with E-state index in [1.54, 1.807) is 0 Å². The van der Waals surface area contributed by atoms with Crippen LogP contribution in [0.1, 0.15) is 64.7 Å². The molecule has 0 atom stereocenters. The fourth-order valence-electron chi connectivity index (χ4n) is 1.93. The van der Waals surface area contributed by atoms with Crippen molar-refractivity contribution in [3.8, 4) is 0 Å². The van der Waals surface area contributed by atoms with E-state index in [0.717, 1.165) is 0 Å². The molecule has 0 saturated heterocycles. The van der Waals surface area contributed by atoms with Gasteiger partial charge in [0.15, 0.2) is 0 Å². The molecule has 0 amide bonds. The van der Waals surface area contributed by atoms with Gasteiger partial charge in [-0.05, 0) is 52.4 Å². The highest BCUT2D eigenvalue weighted by Gasteiger charge is 1.92. The Kier molecular flexibility index (Phi) is 15.8. The highest BCUT2D eigenvalue weighted by Crippen LogP contribution is 2.08. The van der Waals surface area contributed by atoms with Gasteiger partial charge in [-0.15, -0.1) is 0 Å². The zero-order valence-electron chi connectivity index (χ0n) is 12.1. The number of rotatable bonds is 14. The molecule has 0 aliphatic rings. The highest BCUT2D eigenvalue weighted by atomic mass is 14.8. The van der Waals surface area contributed by atoms with E-state index >= 15 is 0 Å². The maximum absolute atomic E-state index is 3.45. The lowest BCUT2D eigenvalue weighted by molar-refractivity contribution is 0.586. The van der Waals surface area contributed by atoms with Crippen molar-refractivity contribution in [2.45, 2.75) is 64.7 Å². The molecule has 0 aromatic carbocycles. The SMILES string of the molecule is CCCNCCCCC[CH]CCCCCNC. The number of nitrogens with one attached hydrogen (secondary N) is 2. The van der Waals surface area contributed by atoms with E-state index < -0.39 is 0 Å². The van der Waals surface area contributed by atoms with Crippen LogP contribution in [0.4, 0.5) is 0 Å². The Labute approximate surface area is 109 Å². The summed E-state index contributed by atoms with van der Waals surface area (Å²) in [5, 5.41) is 6.64. The van der Waals surface area contributed by atoms with Crippen LogP contribution >= 0.6 is 0 Å². The van der Waals surface area contributed by atoms with Crippen LogP contribution in [-0.2, 0) is 0 Å². The van der Waals surface area contributed by atoms with E-state index in [4.69, 9.17) is 0 Å². The van der Waals surface area contributed by atoms with Crippen molar-refractivity contribution in [2.24, 2.45) is 0 Å². The van der Waals surface area contributed by atoms with Gasteiger partial charge >= 0.3 is 0 Å². The van der Waals surface area contributed by atoms with Crippen molar-refractivity contribution in [1.82, 2.24) is 10.6 Å². The fraction of sp³-hybridized carbons (Fsp3) is 0.933. The second kappa shape index (κ2) is 15.9. The number of unbranched alkanes of at least 4 members (excludes halogenated alkanes) is 8. The van der Waals surface area contributed by atoms with E-state index in [0.29, 0.717) is 0 Å². The van der Waals surface area contributed by atoms with Crippen molar-refractivity contribution in [1.29, 1.82) is 0 Å². The van der Waals surface area contributed by atoms with Crippen LogP contribution in [-0.4, -0.2) is 26.7 Å². The second-order valence-corrected chi connectivity index (χ2v) is 4.84. The first kappa shape index (κ1) is 16.9. The van der Waals surface area contributed by atoms with E-state index in [1.807, 2.05) is 7.05 Å². The summed E-state index contributed by atoms with van der Waals surface area (Å²) in [5.74, 6) is 0. The molecule has 2 heteroatoms. The van der Waals surface area contributed by atoms with Gasteiger partial charge in [-0.1, -0.05) is 45.4 Å². The topological polar surface area (TPSA) is 24.1 Å². The van der Waals surface area contributed by atoms with E-state index in [2.05, 4.69) is 24.0 Å². The van der Waals surface area contributed by atoms with Crippen LogP contribution in [0, 0.1) is 6.42 Å². The summed E-state index contributed by atoms with van der Waals surface area (Å²) in [6, 6.07) is 0. The summed E-state index contributed by atoms with van der Waals surface area (Å²) in [5.41, 5.74) is 0. The van der Waals surface area contributed by atoms with Crippen LogP contribution in [0.5, 0.6) is 0 Å². The molecule has 0 fully saturated rings. The molecule has 1 radical (unpaired) electrons. The molecule has 0 unspecified atom stereocenters. The van der Waals surface area contributed by atoms with Crippen molar-refractivity contribution >= 4 is 0 Å². The third-order valence-electron chi connectivity index (χ3n) is 3.02. The van der Waals surface area contributed by atoms with Crippen LogP contribution in [0.3, 0.4) is 0 Å². The monoisotopic (exact) mass is 241 g/mol. The smallest absolute Gasteiger partial charge is 0.00489 e. The first-order chi connectivity index (χ1) is 8.41. The molecule has 0 aromatic rings. The number of hydrogen-bond donors (Lipinski definition) is 2. The van der Waals surface area contributed by atoms with Crippen molar-refractivity contribution in [3.05, 3.63) is 6.42 Å². The Morgan fingerprint density at radius 3 is 2.00 bits per heavy atom. The molecular formula is C15H33N2. The largest absolute Gasteiger partial charge is 0.320 e. The van der Waals surface area contributed by atoms with Gasteiger partial charge in [-0.3, -0.25) is 0 Å². The molecule has 2 nitrogen and oxygen atoms in total. The van der Waals surface area contributed by atoms with Crippen LogP contribution in [0.2, 0.25) is 0 Å². The van der Waals surface area contributed by atoms with Crippen LogP contribution < -0.4 is 10.6 Å². The van der Waals surface area contributed by atoms with E-state index in [-0.39, 0.29) is 0 Å². The minimum absolute atomic E-state index is 1.17. The molecule has 0 spiro atoms. The quantitative estimate of drug-likeness (QED) is 0.455. The summed E-state index contributed by atoms with van der Waals surface area (Å²) >= 11 is 0. The Morgan fingerprint density at radius 1 is 0.765 bits per heavy atom. The zero-order valence-corrected chi connectivity index (χ0v) is 12.1. The molecular weight excluding hydrogens is 208 g/mol. The van der Waals surface area contributed by atoms with E-state index in [9.17, 15) is 0 Å². The van der Waals surface area contributed by atoms with E-state index in [1.165, 1.54) is 77.4 Å². The summed E-state index contributed by atoms with van der Waals surface area (Å²) in [7, 11) is 2.03. The Balaban J connectivity index is 2.85. The second-order valence-electron chi connectivity index (χ2n) is 4.84. The summed E-state index contributed by atoms with van der Waals surface area (Å²) in [6.07, 6.45) is 14.6. The average molecular weight is 241 g/mol. The number of hydrogen-bond acceptors (Lipinski definition) is 2. The minimum atomic E-state index is 1.17. The van der Waals surface area contributed by atoms with Crippen LogP contribution in [0.25, 0.3) is 0 Å². The molecule has 103 valence electrons. The van der Waals surface area contributed by atoms with Gasteiger partial charge in [0.1, 0.15) is 0 Å². The van der Waals surface area contributed by atoms with Crippen LogP contribution in [0.15, 0.2) is 0 Å². The van der Waals surface area contributed by atoms with Crippen molar-refractivity contribution < 1.29 is 0 Å². The summed E-state index contributed by atoms with van der Waals surface area (Å²) < 4.78 is 0. The predicted molar refractivity (Wildman–Crippen MR) is 78.3 cm³/mol. The Bertz CT molecular complexity index is 112. The van der Waals surface area contributed by atoms with Gasteiger partial charge in [0, 0.05) is 0 Å². The predicted octanol–water partition coefficient (Wildman–Crippen LogP) is 3.53. The lowest BCUT2D eigenvalue weighted by Gasteiger charge is -2.03. The average Bonchev–Trinajstić information content (AvgIpc) is 2.35. The molecule has 17 heavy (non-hydrogen) atoms. The maximum atomic E-state index is 3.45. The lowest BCUT2D eigenvalue weighted by atomic mass is 10.1. The zero-order chi connectivity index (χ0) is 12.6. The molecule has 2 N–H and O–H groups in total. The standard InChI is InChI=1S/C15H33N2/c1-3-13-17-15-12-10-8-6-4-5-7-9-11-14-16-2/h4,16-17H,3,5-15H2,1-2H3. The summed E-state index contributed by atoms with van der Waals surface area (Å²) in [6.45, 7) is 5.78. The Morgan fingerprint density at radius 2 is 1.41 bits per heavy atom. The fourth-order valence-corrected chi connectivity index (χ4v) is 1.93. The first-order valence-electron chi connectivity index (χ1n) is 7.58. The third kappa shape index (κ3) is 15.9. The highest BCUT2D eigenvalue weighted by molar-refractivity contribution is 4.65. The van der Waals surface area contributed by atoms with Crippen molar-refractivity contribution in [3.63, 3.8) is 0 Å². The molecule has 0 aliphatic heterocycles. The normalized spacial score (nSPS) is 10.9. The molecule has 0 aromatic heterocycles. The van der Waals surface area contributed by atoms with Gasteiger partial charge in [0.05, 0.1) is 0 Å². The molecule has 0 aliphatic carbocycles. The molecule has 0 heterocycles. The van der Waals surface area contributed by atoms with Crippen molar-refractivity contribution in [2.75, 3.05) is 26.7 Å². The minimum Gasteiger partial charge on any atom is -0.320 e. The van der Waals surface area contributed by atoms with Gasteiger partial charge < -0.3 is 10.6 Å². The molecule has 0 rings (SSSR count). The lowest BCUT2D eigenvalue weighted by Crippen LogP contribution is -2.15. The molecule has 0 saturated carbocycles.